The third kappa shape index (κ3) is 3.16. The van der Waals surface area contributed by atoms with Gasteiger partial charge in [0.05, 0.1) is 11.4 Å². The first-order valence-corrected chi connectivity index (χ1v) is 9.26. The fourth-order valence-corrected chi connectivity index (χ4v) is 3.72. The van der Waals surface area contributed by atoms with Crippen LogP contribution in [0.2, 0.25) is 5.02 Å². The first-order chi connectivity index (χ1) is 12.2. The van der Waals surface area contributed by atoms with Crippen molar-refractivity contribution in [2.24, 2.45) is 0 Å². The Morgan fingerprint density at radius 2 is 1.88 bits per heavy atom. The number of anilines is 1. The Morgan fingerprint density at radius 3 is 2.72 bits per heavy atom. The van der Waals surface area contributed by atoms with E-state index in [-0.39, 0.29) is 0 Å². The van der Waals surface area contributed by atoms with Crippen LogP contribution in [0, 0.1) is 6.92 Å². The summed E-state index contributed by atoms with van der Waals surface area (Å²) >= 11 is 6.39. The largest absolute Gasteiger partial charge is 0.370 e. The summed E-state index contributed by atoms with van der Waals surface area (Å²) in [4.78, 5) is 0. The van der Waals surface area contributed by atoms with Gasteiger partial charge in [-0.25, -0.2) is 4.68 Å². The van der Waals surface area contributed by atoms with E-state index in [2.05, 4.69) is 47.3 Å². The third-order valence-corrected chi connectivity index (χ3v) is 5.24. The van der Waals surface area contributed by atoms with Gasteiger partial charge < -0.3 is 5.32 Å². The molecule has 1 N–H and O–H groups in total. The molecule has 2 aromatic carbocycles. The monoisotopic (exact) mass is 351 g/mol. The molecular weight excluding hydrogens is 330 g/mol. The second kappa shape index (κ2) is 6.93. The summed E-state index contributed by atoms with van der Waals surface area (Å²) in [5, 5.41) is 9.41. The summed E-state index contributed by atoms with van der Waals surface area (Å²) in [6.45, 7) is 3.13. The van der Waals surface area contributed by atoms with E-state index < -0.39 is 0 Å². The van der Waals surface area contributed by atoms with E-state index in [1.807, 2.05) is 18.2 Å². The fraction of sp³-hybridized carbons (Fsp3) is 0.286. The Morgan fingerprint density at radius 1 is 1.08 bits per heavy atom. The molecule has 3 nitrogen and oxygen atoms in total. The van der Waals surface area contributed by atoms with E-state index in [1.54, 1.807) is 0 Å². The minimum absolute atomic E-state index is 0.766. The number of aromatic nitrogens is 2. The molecule has 1 aromatic heterocycles. The van der Waals surface area contributed by atoms with Crippen molar-refractivity contribution in [3.05, 3.63) is 75.9 Å². The van der Waals surface area contributed by atoms with Crippen molar-refractivity contribution in [2.75, 3.05) is 11.9 Å². The van der Waals surface area contributed by atoms with Crippen molar-refractivity contribution in [1.82, 2.24) is 9.78 Å². The standard InChI is InChI=1S/C21H22ClN3/c1-15-8-2-5-12-20(15)25-21-17(10-6-7-13-23-21)19(24-25)14-16-9-3-4-11-18(16)22/h2-5,8-9,11-12,23H,6-7,10,13-14H2,1H3. The average Bonchev–Trinajstić information content (AvgIpc) is 2.80. The van der Waals surface area contributed by atoms with E-state index in [0.717, 1.165) is 47.2 Å². The molecule has 0 radical (unpaired) electrons. The quantitative estimate of drug-likeness (QED) is 0.705. The smallest absolute Gasteiger partial charge is 0.133 e. The van der Waals surface area contributed by atoms with Crippen molar-refractivity contribution in [1.29, 1.82) is 0 Å². The lowest BCUT2D eigenvalue weighted by atomic mass is 10.0. The molecule has 2 heterocycles. The van der Waals surface area contributed by atoms with Gasteiger partial charge in [-0.1, -0.05) is 48.0 Å². The Labute approximate surface area is 153 Å². The Balaban J connectivity index is 1.82. The van der Waals surface area contributed by atoms with Crippen LogP contribution < -0.4 is 5.32 Å². The lowest BCUT2D eigenvalue weighted by Gasteiger charge is -2.11. The van der Waals surface area contributed by atoms with Gasteiger partial charge >= 0.3 is 0 Å². The molecule has 0 atom stereocenters. The molecular formula is C21H22ClN3. The highest BCUT2D eigenvalue weighted by molar-refractivity contribution is 6.31. The summed E-state index contributed by atoms with van der Waals surface area (Å²) in [5.74, 6) is 1.15. The fourth-order valence-electron chi connectivity index (χ4n) is 3.51. The minimum Gasteiger partial charge on any atom is -0.370 e. The van der Waals surface area contributed by atoms with Gasteiger partial charge in [0.2, 0.25) is 0 Å². The second-order valence-electron chi connectivity index (χ2n) is 6.62. The summed E-state index contributed by atoms with van der Waals surface area (Å²) in [7, 11) is 0. The van der Waals surface area contributed by atoms with Crippen LogP contribution in [0.15, 0.2) is 48.5 Å². The number of nitrogens with one attached hydrogen (secondary N) is 1. The van der Waals surface area contributed by atoms with Gasteiger partial charge in [-0.05, 0) is 49.4 Å². The predicted molar refractivity (Wildman–Crippen MR) is 104 cm³/mol. The van der Waals surface area contributed by atoms with E-state index >= 15 is 0 Å². The van der Waals surface area contributed by atoms with Crippen molar-refractivity contribution < 1.29 is 0 Å². The van der Waals surface area contributed by atoms with Crippen LogP contribution >= 0.6 is 11.6 Å². The van der Waals surface area contributed by atoms with Crippen molar-refractivity contribution >= 4 is 17.4 Å². The maximum Gasteiger partial charge on any atom is 0.133 e. The molecule has 0 fully saturated rings. The van der Waals surface area contributed by atoms with Gasteiger partial charge in [0.1, 0.15) is 5.82 Å². The van der Waals surface area contributed by atoms with Gasteiger partial charge in [-0.15, -0.1) is 0 Å². The normalized spacial score (nSPS) is 13.8. The van der Waals surface area contributed by atoms with Gasteiger partial charge in [-0.3, -0.25) is 0 Å². The zero-order valence-corrected chi connectivity index (χ0v) is 15.2. The second-order valence-corrected chi connectivity index (χ2v) is 7.03. The van der Waals surface area contributed by atoms with Crippen molar-refractivity contribution in [3.63, 3.8) is 0 Å². The van der Waals surface area contributed by atoms with Gasteiger partial charge in [-0.2, -0.15) is 5.10 Å². The predicted octanol–water partition coefficient (Wildman–Crippen LogP) is 5.17. The summed E-state index contributed by atoms with van der Waals surface area (Å²) in [6.07, 6.45) is 4.21. The summed E-state index contributed by atoms with van der Waals surface area (Å²) in [5.41, 5.74) is 5.95. The van der Waals surface area contributed by atoms with Crippen LogP contribution in [-0.4, -0.2) is 16.3 Å². The Bertz CT molecular complexity index is 898. The van der Waals surface area contributed by atoms with Crippen LogP contribution in [0.4, 0.5) is 5.82 Å². The zero-order valence-electron chi connectivity index (χ0n) is 14.4. The highest BCUT2D eigenvalue weighted by Crippen LogP contribution is 2.31. The number of halogens is 1. The Hall–Kier alpha value is -2.26. The van der Waals surface area contributed by atoms with Crippen LogP contribution in [0.1, 0.15) is 35.2 Å². The number of rotatable bonds is 3. The summed E-state index contributed by atoms with van der Waals surface area (Å²) < 4.78 is 2.09. The molecule has 4 rings (SSSR count). The minimum atomic E-state index is 0.766. The molecule has 1 aliphatic heterocycles. The number of benzene rings is 2. The summed E-state index contributed by atoms with van der Waals surface area (Å²) in [6, 6.07) is 16.5. The Kier molecular flexibility index (Phi) is 4.50. The molecule has 0 aliphatic carbocycles. The maximum atomic E-state index is 6.39. The van der Waals surface area contributed by atoms with E-state index in [1.165, 1.54) is 24.0 Å². The molecule has 25 heavy (non-hydrogen) atoms. The highest BCUT2D eigenvalue weighted by Gasteiger charge is 2.21. The molecule has 3 aromatic rings. The van der Waals surface area contributed by atoms with E-state index in [0.29, 0.717) is 0 Å². The van der Waals surface area contributed by atoms with E-state index in [4.69, 9.17) is 16.7 Å². The highest BCUT2D eigenvalue weighted by atomic mass is 35.5. The maximum absolute atomic E-state index is 6.39. The van der Waals surface area contributed by atoms with Gasteiger partial charge in [0.25, 0.3) is 0 Å². The number of hydrogen-bond acceptors (Lipinski definition) is 2. The zero-order chi connectivity index (χ0) is 17.2. The van der Waals surface area contributed by atoms with E-state index in [9.17, 15) is 0 Å². The van der Waals surface area contributed by atoms with Crippen LogP contribution in [0.5, 0.6) is 0 Å². The lowest BCUT2D eigenvalue weighted by molar-refractivity contribution is 0.767. The molecule has 128 valence electrons. The SMILES string of the molecule is Cc1ccccc1-n1nc(Cc2ccccc2Cl)c2c1NCCCC2. The number of para-hydroxylation sites is 1. The lowest BCUT2D eigenvalue weighted by Crippen LogP contribution is -2.08. The third-order valence-electron chi connectivity index (χ3n) is 4.87. The number of hydrogen-bond donors (Lipinski definition) is 1. The van der Waals surface area contributed by atoms with Crippen LogP contribution in [0.25, 0.3) is 5.69 Å². The molecule has 0 amide bonds. The van der Waals surface area contributed by atoms with Crippen molar-refractivity contribution in [3.8, 4) is 5.69 Å². The molecule has 0 spiro atoms. The molecule has 0 saturated carbocycles. The molecule has 1 aliphatic rings. The average molecular weight is 352 g/mol. The van der Waals surface area contributed by atoms with Gasteiger partial charge in [0.15, 0.2) is 0 Å². The first kappa shape index (κ1) is 16.2. The molecule has 0 unspecified atom stereocenters. The van der Waals surface area contributed by atoms with Crippen LogP contribution in [-0.2, 0) is 12.8 Å². The van der Waals surface area contributed by atoms with Crippen molar-refractivity contribution in [2.45, 2.75) is 32.6 Å². The first-order valence-electron chi connectivity index (χ1n) is 8.88. The number of nitrogens with zero attached hydrogens (tertiary/aromatic N) is 2. The number of aryl methyl sites for hydroxylation is 1. The molecule has 0 bridgehead atoms. The van der Waals surface area contributed by atoms with Crippen LogP contribution in [0.3, 0.4) is 0 Å². The number of fused-ring (bicyclic) bond motifs is 1. The molecule has 0 saturated heterocycles. The molecule has 4 heteroatoms. The van der Waals surface area contributed by atoms with Gasteiger partial charge in [0, 0.05) is 23.6 Å². The topological polar surface area (TPSA) is 29.9 Å².